The highest BCUT2D eigenvalue weighted by molar-refractivity contribution is 7.92. The Hall–Kier alpha value is -4.19. The third kappa shape index (κ3) is 6.94. The van der Waals surface area contributed by atoms with Gasteiger partial charge in [-0.25, -0.2) is 17.2 Å². The minimum absolute atomic E-state index is 0.0137. The molecule has 1 N–H and O–H groups in total. The predicted octanol–water partition coefficient (Wildman–Crippen LogP) is 3.87. The van der Waals surface area contributed by atoms with E-state index in [1.807, 2.05) is 0 Å². The number of fused-ring (bicyclic) bond motifs is 1. The quantitative estimate of drug-likeness (QED) is 0.386. The van der Waals surface area contributed by atoms with Crippen molar-refractivity contribution in [3.05, 3.63) is 83.9 Å². The Morgan fingerprint density at radius 3 is 2.24 bits per heavy atom. The van der Waals surface area contributed by atoms with Gasteiger partial charge in [0.05, 0.1) is 10.6 Å². The van der Waals surface area contributed by atoms with E-state index in [2.05, 4.69) is 5.32 Å². The molecule has 0 aromatic heterocycles. The van der Waals surface area contributed by atoms with E-state index in [1.165, 1.54) is 55.5 Å². The first-order valence-electron chi connectivity index (χ1n) is 13.0. The number of sulfonamides is 1. The number of carbonyl (C=O) groups excluding carboxylic acids is 2. The topological polar surface area (TPSA) is 105 Å². The van der Waals surface area contributed by atoms with Gasteiger partial charge in [-0.2, -0.15) is 0 Å². The SMILES string of the molecule is CC(C)NC(=O)[C@H](C)N(Cc1ccccc1F)C(=O)CN(c1ccc(F)cc1)S(=O)(=O)c1ccc2c(c1)OCCO2. The maximum atomic E-state index is 14.6. The second-order valence-electron chi connectivity index (χ2n) is 9.75. The standard InChI is InChI=1S/C29H31F2N3O6S/c1-19(2)32-29(36)20(3)33(17-21-6-4-5-7-25(21)31)28(35)18-34(23-10-8-22(30)9-11-23)41(37,38)24-12-13-26-27(16-24)40-15-14-39-26/h4-13,16,19-20H,14-15,17-18H2,1-3H3,(H,32,36)/t20-/m0/s1. The maximum Gasteiger partial charge on any atom is 0.264 e. The van der Waals surface area contributed by atoms with Crippen molar-refractivity contribution in [3.8, 4) is 11.5 Å². The molecule has 0 saturated carbocycles. The Labute approximate surface area is 237 Å². The number of rotatable bonds is 10. The molecule has 1 atom stereocenters. The molecule has 0 spiro atoms. The largest absolute Gasteiger partial charge is 0.486 e. The van der Waals surface area contributed by atoms with Crippen LogP contribution in [0.2, 0.25) is 0 Å². The van der Waals surface area contributed by atoms with Crippen LogP contribution in [0.15, 0.2) is 71.6 Å². The first kappa shape index (κ1) is 29.8. The average molecular weight is 588 g/mol. The fourth-order valence-corrected chi connectivity index (χ4v) is 5.68. The number of hydrogen-bond acceptors (Lipinski definition) is 6. The molecule has 0 aliphatic carbocycles. The van der Waals surface area contributed by atoms with Gasteiger partial charge in [-0.1, -0.05) is 18.2 Å². The van der Waals surface area contributed by atoms with Crippen molar-refractivity contribution < 1.29 is 36.3 Å². The lowest BCUT2D eigenvalue weighted by Crippen LogP contribution is -2.52. The smallest absolute Gasteiger partial charge is 0.264 e. The van der Waals surface area contributed by atoms with E-state index >= 15 is 0 Å². The molecule has 0 fully saturated rings. The highest BCUT2D eigenvalue weighted by Gasteiger charge is 2.33. The van der Waals surface area contributed by atoms with Crippen LogP contribution in [0.25, 0.3) is 0 Å². The summed E-state index contributed by atoms with van der Waals surface area (Å²) < 4.78 is 68.1. The van der Waals surface area contributed by atoms with Crippen LogP contribution in [0.1, 0.15) is 26.3 Å². The van der Waals surface area contributed by atoms with Crippen molar-refractivity contribution in [3.63, 3.8) is 0 Å². The first-order chi connectivity index (χ1) is 19.5. The van der Waals surface area contributed by atoms with Gasteiger partial charge < -0.3 is 19.7 Å². The molecule has 4 rings (SSSR count). The molecule has 0 saturated heterocycles. The van der Waals surface area contributed by atoms with Crippen LogP contribution in [-0.4, -0.2) is 57.0 Å². The number of ether oxygens (including phenoxy) is 2. The van der Waals surface area contributed by atoms with Gasteiger partial charge in [-0.15, -0.1) is 0 Å². The van der Waals surface area contributed by atoms with Gasteiger partial charge in [0, 0.05) is 24.2 Å². The van der Waals surface area contributed by atoms with Crippen LogP contribution in [-0.2, 0) is 26.2 Å². The molecule has 1 heterocycles. The molecule has 218 valence electrons. The van der Waals surface area contributed by atoms with Gasteiger partial charge in [0.15, 0.2) is 11.5 Å². The van der Waals surface area contributed by atoms with E-state index in [-0.39, 0.29) is 41.1 Å². The number of carbonyl (C=O) groups is 2. The molecule has 0 unspecified atom stereocenters. The number of amides is 2. The molecule has 12 heteroatoms. The molecule has 9 nitrogen and oxygen atoms in total. The zero-order chi connectivity index (χ0) is 29.7. The summed E-state index contributed by atoms with van der Waals surface area (Å²) >= 11 is 0. The second kappa shape index (κ2) is 12.5. The van der Waals surface area contributed by atoms with Crippen LogP contribution < -0.4 is 19.1 Å². The Kier molecular flexibility index (Phi) is 9.11. The number of hydrogen-bond donors (Lipinski definition) is 1. The normalized spacial score (nSPS) is 13.4. The average Bonchev–Trinajstić information content (AvgIpc) is 2.95. The van der Waals surface area contributed by atoms with E-state index in [0.717, 1.165) is 21.3 Å². The van der Waals surface area contributed by atoms with Gasteiger partial charge in [0.2, 0.25) is 11.8 Å². The first-order valence-corrected chi connectivity index (χ1v) is 14.4. The fourth-order valence-electron chi connectivity index (χ4n) is 4.25. The molecule has 3 aromatic carbocycles. The number of nitrogens with one attached hydrogen (secondary N) is 1. The Morgan fingerprint density at radius 2 is 1.59 bits per heavy atom. The minimum atomic E-state index is -4.42. The van der Waals surface area contributed by atoms with Crippen LogP contribution in [0.3, 0.4) is 0 Å². The fraction of sp³-hybridized carbons (Fsp3) is 0.310. The van der Waals surface area contributed by atoms with Crippen molar-refractivity contribution >= 4 is 27.5 Å². The van der Waals surface area contributed by atoms with Gasteiger partial charge in [0.1, 0.15) is 37.4 Å². The van der Waals surface area contributed by atoms with Gasteiger partial charge >= 0.3 is 0 Å². The molecule has 3 aromatic rings. The maximum absolute atomic E-state index is 14.6. The van der Waals surface area contributed by atoms with Crippen molar-refractivity contribution in [1.82, 2.24) is 10.2 Å². The summed E-state index contributed by atoms with van der Waals surface area (Å²) in [5.74, 6) is -1.85. The zero-order valence-electron chi connectivity index (χ0n) is 22.8. The van der Waals surface area contributed by atoms with Crippen LogP contribution in [0.5, 0.6) is 11.5 Å². The summed E-state index contributed by atoms with van der Waals surface area (Å²) in [6, 6.07) is 13.2. The number of benzene rings is 3. The van der Waals surface area contributed by atoms with E-state index in [4.69, 9.17) is 9.47 Å². The van der Waals surface area contributed by atoms with Crippen LogP contribution >= 0.6 is 0 Å². The summed E-state index contributed by atoms with van der Waals surface area (Å²) in [4.78, 5) is 27.7. The van der Waals surface area contributed by atoms with Crippen molar-refractivity contribution in [2.45, 2.75) is 44.3 Å². The molecule has 41 heavy (non-hydrogen) atoms. The van der Waals surface area contributed by atoms with Gasteiger partial charge in [-0.3, -0.25) is 13.9 Å². The molecular weight excluding hydrogens is 556 g/mol. The lowest BCUT2D eigenvalue weighted by Gasteiger charge is -2.32. The highest BCUT2D eigenvalue weighted by Crippen LogP contribution is 2.34. The van der Waals surface area contributed by atoms with E-state index in [9.17, 15) is 26.8 Å². The minimum Gasteiger partial charge on any atom is -0.486 e. The summed E-state index contributed by atoms with van der Waals surface area (Å²) in [6.45, 7) is 4.49. The molecule has 1 aliphatic heterocycles. The van der Waals surface area contributed by atoms with Crippen molar-refractivity contribution in [2.75, 3.05) is 24.1 Å². The molecule has 1 aliphatic rings. The number of nitrogens with zero attached hydrogens (tertiary/aromatic N) is 2. The lowest BCUT2D eigenvalue weighted by atomic mass is 10.1. The molecule has 0 radical (unpaired) electrons. The third-order valence-electron chi connectivity index (χ3n) is 6.39. The van der Waals surface area contributed by atoms with E-state index < -0.39 is 46.1 Å². The zero-order valence-corrected chi connectivity index (χ0v) is 23.7. The summed E-state index contributed by atoms with van der Waals surface area (Å²) in [6.07, 6.45) is 0. The highest BCUT2D eigenvalue weighted by atomic mass is 32.2. The Balaban J connectivity index is 1.73. The Bertz CT molecular complexity index is 1520. The summed E-state index contributed by atoms with van der Waals surface area (Å²) in [5.41, 5.74) is 0.160. The Morgan fingerprint density at radius 1 is 0.927 bits per heavy atom. The van der Waals surface area contributed by atoms with Crippen LogP contribution in [0.4, 0.5) is 14.5 Å². The third-order valence-corrected chi connectivity index (χ3v) is 8.16. The molecule has 0 bridgehead atoms. The molecular formula is C29H31F2N3O6S. The van der Waals surface area contributed by atoms with Gasteiger partial charge in [-0.05, 0) is 63.2 Å². The van der Waals surface area contributed by atoms with Crippen molar-refractivity contribution in [1.29, 1.82) is 0 Å². The number of anilines is 1. The second-order valence-corrected chi connectivity index (χ2v) is 11.6. The predicted molar refractivity (Wildman–Crippen MR) is 148 cm³/mol. The van der Waals surface area contributed by atoms with Crippen LogP contribution in [0, 0.1) is 11.6 Å². The van der Waals surface area contributed by atoms with E-state index in [1.54, 1.807) is 19.9 Å². The summed E-state index contributed by atoms with van der Waals surface area (Å²) in [5, 5.41) is 2.73. The monoisotopic (exact) mass is 587 g/mol. The summed E-state index contributed by atoms with van der Waals surface area (Å²) in [7, 11) is -4.42. The van der Waals surface area contributed by atoms with Crippen molar-refractivity contribution in [2.24, 2.45) is 0 Å². The van der Waals surface area contributed by atoms with Gasteiger partial charge in [0.25, 0.3) is 10.0 Å². The lowest BCUT2D eigenvalue weighted by molar-refractivity contribution is -0.139. The van der Waals surface area contributed by atoms with E-state index in [0.29, 0.717) is 12.4 Å². The molecule has 2 amide bonds. The number of halogens is 2.